The number of hydrogen-bond donors (Lipinski definition) is 2. The Hall–Kier alpha value is -2.28. The van der Waals surface area contributed by atoms with Crippen LogP contribution in [-0.4, -0.2) is 52.8 Å². The minimum Gasteiger partial charge on any atom is -0.392 e. The van der Waals surface area contributed by atoms with Crippen molar-refractivity contribution in [1.29, 1.82) is 0 Å². The van der Waals surface area contributed by atoms with Crippen molar-refractivity contribution in [3.63, 3.8) is 0 Å². The van der Waals surface area contributed by atoms with Crippen molar-refractivity contribution < 1.29 is 19.4 Å². The highest BCUT2D eigenvalue weighted by molar-refractivity contribution is 6.00. The van der Waals surface area contributed by atoms with E-state index >= 15 is 0 Å². The Bertz CT molecular complexity index is 876. The first-order valence-electron chi connectivity index (χ1n) is 10.2. The second-order valence-electron chi connectivity index (χ2n) is 8.22. The zero-order chi connectivity index (χ0) is 20.6. The second kappa shape index (κ2) is 7.86. The molecule has 0 saturated carbocycles. The summed E-state index contributed by atoms with van der Waals surface area (Å²) in [6, 6.07) is 13.5. The summed E-state index contributed by atoms with van der Waals surface area (Å²) >= 11 is 0. The third-order valence-corrected chi connectivity index (χ3v) is 6.14. The van der Waals surface area contributed by atoms with Gasteiger partial charge in [0, 0.05) is 18.8 Å². The Morgan fingerprint density at radius 1 is 1.14 bits per heavy atom. The monoisotopic (exact) mass is 398 g/mol. The minimum absolute atomic E-state index is 0.00294. The number of fused-ring (bicyclic) bond motifs is 1. The third-order valence-electron chi connectivity index (χ3n) is 6.14. The predicted molar refractivity (Wildman–Crippen MR) is 109 cm³/mol. The van der Waals surface area contributed by atoms with Crippen molar-refractivity contribution in [1.82, 2.24) is 4.90 Å². The number of piperidine rings is 1. The number of para-hydroxylation sites is 1. The molecule has 6 heteroatoms. The maximum Gasteiger partial charge on any atom is 0.244 e. The molecule has 0 aliphatic carbocycles. The summed E-state index contributed by atoms with van der Waals surface area (Å²) < 4.78 is 13.2. The molecule has 2 N–H and O–H groups in total. The molecule has 1 saturated heterocycles. The van der Waals surface area contributed by atoms with E-state index in [0.717, 1.165) is 16.8 Å². The standard InChI is InChI=1S/C23H27FN2O3/c1-16(27)15-26-20-5-3-2-4-17(20)14-21(22(26)28)25-12-10-23(29,11-13-25)18-6-8-19(24)9-7-18/h2-9,16,21,27,29H,10-15H2,1H3/t16-,21?/m1/s1. The number of hydrogen-bond acceptors (Lipinski definition) is 4. The number of carbonyl (C=O) groups is 1. The predicted octanol–water partition coefficient (Wildman–Crippen LogP) is 2.45. The molecule has 1 fully saturated rings. The summed E-state index contributed by atoms with van der Waals surface area (Å²) in [4.78, 5) is 17.1. The molecule has 2 aliphatic rings. The van der Waals surface area contributed by atoms with E-state index in [-0.39, 0.29) is 24.3 Å². The average molecular weight is 398 g/mol. The lowest BCUT2D eigenvalue weighted by Gasteiger charge is -2.44. The topological polar surface area (TPSA) is 64.0 Å². The van der Waals surface area contributed by atoms with Crippen LogP contribution in [0.2, 0.25) is 0 Å². The summed E-state index contributed by atoms with van der Waals surface area (Å²) in [7, 11) is 0. The van der Waals surface area contributed by atoms with E-state index in [1.807, 2.05) is 24.3 Å². The fourth-order valence-electron chi connectivity index (χ4n) is 4.53. The Balaban J connectivity index is 1.52. The van der Waals surface area contributed by atoms with Crippen LogP contribution in [0.4, 0.5) is 10.1 Å². The summed E-state index contributed by atoms with van der Waals surface area (Å²) in [5.74, 6) is -0.323. The second-order valence-corrected chi connectivity index (χ2v) is 8.22. The van der Waals surface area contributed by atoms with E-state index in [1.54, 1.807) is 24.0 Å². The zero-order valence-electron chi connectivity index (χ0n) is 16.6. The minimum atomic E-state index is -1.00. The first-order valence-corrected chi connectivity index (χ1v) is 10.2. The fourth-order valence-corrected chi connectivity index (χ4v) is 4.53. The number of aliphatic hydroxyl groups is 2. The van der Waals surface area contributed by atoms with Gasteiger partial charge in [-0.1, -0.05) is 30.3 Å². The van der Waals surface area contributed by atoms with Crippen LogP contribution in [-0.2, 0) is 16.8 Å². The van der Waals surface area contributed by atoms with Gasteiger partial charge in [0.15, 0.2) is 0 Å². The molecule has 5 nitrogen and oxygen atoms in total. The molecule has 0 aromatic heterocycles. The van der Waals surface area contributed by atoms with E-state index in [9.17, 15) is 19.4 Å². The highest BCUT2D eigenvalue weighted by Crippen LogP contribution is 2.36. The van der Waals surface area contributed by atoms with Crippen LogP contribution in [0.1, 0.15) is 30.9 Å². The summed E-state index contributed by atoms with van der Waals surface area (Å²) in [5, 5.41) is 21.0. The molecule has 0 radical (unpaired) electrons. The molecule has 2 atom stereocenters. The van der Waals surface area contributed by atoms with Crippen molar-refractivity contribution in [2.24, 2.45) is 0 Å². The molecule has 2 heterocycles. The maximum absolute atomic E-state index is 13.3. The highest BCUT2D eigenvalue weighted by Gasteiger charge is 2.41. The fraction of sp³-hybridized carbons (Fsp3) is 0.435. The number of benzene rings is 2. The molecule has 1 amide bonds. The summed E-state index contributed by atoms with van der Waals surface area (Å²) in [5.41, 5.74) is 1.68. The van der Waals surface area contributed by atoms with E-state index in [4.69, 9.17) is 0 Å². The number of anilines is 1. The van der Waals surface area contributed by atoms with Gasteiger partial charge in [-0.15, -0.1) is 0 Å². The molecule has 2 aliphatic heterocycles. The molecular formula is C23H27FN2O3. The van der Waals surface area contributed by atoms with E-state index in [2.05, 4.69) is 4.90 Å². The number of nitrogens with zero attached hydrogens (tertiary/aromatic N) is 2. The first-order chi connectivity index (χ1) is 13.9. The summed E-state index contributed by atoms with van der Waals surface area (Å²) in [6.45, 7) is 3.10. The smallest absolute Gasteiger partial charge is 0.244 e. The van der Waals surface area contributed by atoms with Crippen LogP contribution in [0.25, 0.3) is 0 Å². The number of halogens is 1. The van der Waals surface area contributed by atoms with E-state index in [1.165, 1.54) is 12.1 Å². The quantitative estimate of drug-likeness (QED) is 0.831. The Morgan fingerprint density at radius 2 is 1.79 bits per heavy atom. The number of amides is 1. The maximum atomic E-state index is 13.3. The number of β-amino-alcohol motifs (C(OH)–C–C–N with tert-alkyl or cyclic N) is 1. The Labute approximate surface area is 170 Å². The first kappa shape index (κ1) is 20.0. The van der Waals surface area contributed by atoms with E-state index < -0.39 is 11.7 Å². The van der Waals surface area contributed by atoms with Gasteiger partial charge in [0.1, 0.15) is 5.82 Å². The molecule has 2 aromatic rings. The van der Waals surface area contributed by atoms with Crippen LogP contribution in [0.5, 0.6) is 0 Å². The molecule has 0 spiro atoms. The van der Waals surface area contributed by atoms with Crippen LogP contribution in [0.15, 0.2) is 48.5 Å². The van der Waals surface area contributed by atoms with Crippen molar-refractivity contribution in [3.05, 3.63) is 65.5 Å². The van der Waals surface area contributed by atoms with Gasteiger partial charge in [0.2, 0.25) is 5.91 Å². The largest absolute Gasteiger partial charge is 0.392 e. The SMILES string of the molecule is C[C@@H](O)CN1C(=O)C(N2CCC(O)(c3ccc(F)cc3)CC2)Cc2ccccc21. The lowest BCUT2D eigenvalue weighted by molar-refractivity contribution is -0.127. The van der Waals surface area contributed by atoms with Crippen molar-refractivity contribution in [3.8, 4) is 0 Å². The molecule has 1 unspecified atom stereocenters. The molecule has 0 bridgehead atoms. The number of carbonyl (C=O) groups excluding carboxylic acids is 1. The zero-order valence-corrected chi connectivity index (χ0v) is 16.6. The molecular weight excluding hydrogens is 371 g/mol. The lowest BCUT2D eigenvalue weighted by Crippen LogP contribution is -2.57. The Kier molecular flexibility index (Phi) is 5.42. The van der Waals surface area contributed by atoms with Crippen LogP contribution < -0.4 is 4.90 Å². The normalized spacial score (nSPS) is 23.0. The number of aliphatic hydroxyl groups excluding tert-OH is 1. The molecule has 29 heavy (non-hydrogen) atoms. The molecule has 2 aromatic carbocycles. The van der Waals surface area contributed by atoms with Crippen LogP contribution >= 0.6 is 0 Å². The summed E-state index contributed by atoms with van der Waals surface area (Å²) in [6.07, 6.45) is 0.983. The Morgan fingerprint density at radius 3 is 2.45 bits per heavy atom. The van der Waals surface area contributed by atoms with Gasteiger partial charge in [0.25, 0.3) is 0 Å². The van der Waals surface area contributed by atoms with Gasteiger partial charge in [-0.05, 0) is 55.5 Å². The molecule has 4 rings (SSSR count). The van der Waals surface area contributed by atoms with Crippen LogP contribution in [0.3, 0.4) is 0 Å². The molecule has 154 valence electrons. The number of likely N-dealkylation sites (tertiary alicyclic amines) is 1. The van der Waals surface area contributed by atoms with Gasteiger partial charge < -0.3 is 15.1 Å². The van der Waals surface area contributed by atoms with Gasteiger partial charge in [-0.25, -0.2) is 4.39 Å². The van der Waals surface area contributed by atoms with Crippen LogP contribution in [0, 0.1) is 5.82 Å². The average Bonchev–Trinajstić information content (AvgIpc) is 2.71. The van der Waals surface area contributed by atoms with Gasteiger partial charge in [-0.3, -0.25) is 9.69 Å². The highest BCUT2D eigenvalue weighted by atomic mass is 19.1. The van der Waals surface area contributed by atoms with Crippen molar-refractivity contribution >= 4 is 11.6 Å². The van der Waals surface area contributed by atoms with Gasteiger partial charge in [0.05, 0.1) is 24.3 Å². The number of rotatable bonds is 4. The third kappa shape index (κ3) is 3.92. The van der Waals surface area contributed by atoms with E-state index in [0.29, 0.717) is 32.4 Å². The lowest BCUT2D eigenvalue weighted by atomic mass is 9.83. The van der Waals surface area contributed by atoms with Gasteiger partial charge in [-0.2, -0.15) is 0 Å². The van der Waals surface area contributed by atoms with Crippen molar-refractivity contribution in [2.45, 2.75) is 43.9 Å². The van der Waals surface area contributed by atoms with Gasteiger partial charge >= 0.3 is 0 Å². The van der Waals surface area contributed by atoms with Crippen molar-refractivity contribution in [2.75, 3.05) is 24.5 Å².